The molecule has 1 saturated carbocycles. The number of carbonyl (C=O) groups excluding carboxylic acids is 1. The van der Waals surface area contributed by atoms with E-state index in [1.54, 1.807) is 5.38 Å². The van der Waals surface area contributed by atoms with E-state index in [1.165, 1.54) is 11.3 Å². The van der Waals surface area contributed by atoms with Crippen molar-refractivity contribution in [1.82, 2.24) is 10.3 Å². The monoisotopic (exact) mass is 241 g/mol. The van der Waals surface area contributed by atoms with E-state index in [-0.39, 0.29) is 12.0 Å². The molecule has 88 valence electrons. The van der Waals surface area contributed by atoms with Crippen LogP contribution in [-0.4, -0.2) is 28.6 Å². The fraction of sp³-hybridized carbons (Fsp3) is 0.600. The molecule has 2 rings (SSSR count). The predicted octanol–water partition coefficient (Wildman–Crippen LogP) is 0.102. The van der Waals surface area contributed by atoms with E-state index < -0.39 is 0 Å². The largest absolute Gasteiger partial charge is 0.393 e. The molecule has 0 spiro atoms. The lowest BCUT2D eigenvalue weighted by atomic mass is 9.82. The van der Waals surface area contributed by atoms with Crippen LogP contribution in [0.5, 0.6) is 0 Å². The van der Waals surface area contributed by atoms with Gasteiger partial charge in [0.15, 0.2) is 0 Å². The van der Waals surface area contributed by atoms with Crippen LogP contribution < -0.4 is 11.1 Å². The van der Waals surface area contributed by atoms with Crippen LogP contribution in [0.15, 0.2) is 5.38 Å². The van der Waals surface area contributed by atoms with Crippen molar-refractivity contribution in [3.63, 3.8) is 0 Å². The molecule has 1 aromatic rings. The molecule has 1 aliphatic rings. The summed E-state index contributed by atoms with van der Waals surface area (Å²) < 4.78 is 0. The second-order valence-corrected chi connectivity index (χ2v) is 4.97. The molecular weight excluding hydrogens is 226 g/mol. The molecule has 0 bridgehead atoms. The lowest BCUT2D eigenvalue weighted by Crippen LogP contribution is -2.38. The standard InChI is InChI=1S/C10H15N3O2S/c11-3-9-13-8(5-16-9)10(15)12-4-6-1-7(14)2-6/h5-7,14H,1-4,11H2,(H,12,15). The highest BCUT2D eigenvalue weighted by molar-refractivity contribution is 7.09. The molecule has 1 heterocycles. The van der Waals surface area contributed by atoms with Crippen LogP contribution in [-0.2, 0) is 6.54 Å². The zero-order valence-corrected chi connectivity index (χ0v) is 9.67. The molecule has 16 heavy (non-hydrogen) atoms. The molecule has 1 aliphatic carbocycles. The number of thiazole rings is 1. The van der Waals surface area contributed by atoms with Gasteiger partial charge in [-0.1, -0.05) is 0 Å². The fourth-order valence-corrected chi connectivity index (χ4v) is 2.36. The Balaban J connectivity index is 1.79. The number of amides is 1. The van der Waals surface area contributed by atoms with Crippen molar-refractivity contribution in [3.05, 3.63) is 16.1 Å². The van der Waals surface area contributed by atoms with Crippen LogP contribution in [0.1, 0.15) is 28.3 Å². The van der Waals surface area contributed by atoms with Crippen LogP contribution >= 0.6 is 11.3 Å². The average Bonchev–Trinajstić information content (AvgIpc) is 2.70. The van der Waals surface area contributed by atoms with E-state index in [2.05, 4.69) is 10.3 Å². The Morgan fingerprint density at radius 1 is 1.69 bits per heavy atom. The molecule has 0 aliphatic heterocycles. The van der Waals surface area contributed by atoms with Gasteiger partial charge >= 0.3 is 0 Å². The first-order chi connectivity index (χ1) is 7.69. The smallest absolute Gasteiger partial charge is 0.270 e. The van der Waals surface area contributed by atoms with Gasteiger partial charge < -0.3 is 16.2 Å². The Kier molecular flexibility index (Phi) is 3.52. The maximum absolute atomic E-state index is 11.6. The van der Waals surface area contributed by atoms with E-state index in [1.807, 2.05) is 0 Å². The zero-order valence-electron chi connectivity index (χ0n) is 8.85. The number of aliphatic hydroxyl groups is 1. The molecule has 1 amide bonds. The quantitative estimate of drug-likeness (QED) is 0.697. The molecular formula is C10H15N3O2S. The Hall–Kier alpha value is -0.980. The van der Waals surface area contributed by atoms with Gasteiger partial charge in [-0.15, -0.1) is 11.3 Å². The van der Waals surface area contributed by atoms with E-state index >= 15 is 0 Å². The third-order valence-electron chi connectivity index (χ3n) is 2.72. The van der Waals surface area contributed by atoms with E-state index in [9.17, 15) is 4.79 Å². The van der Waals surface area contributed by atoms with Crippen LogP contribution in [0, 0.1) is 5.92 Å². The van der Waals surface area contributed by atoms with Gasteiger partial charge in [0, 0.05) is 18.5 Å². The van der Waals surface area contributed by atoms with Crippen LogP contribution in [0.2, 0.25) is 0 Å². The normalized spacial score (nSPS) is 23.9. The Morgan fingerprint density at radius 3 is 3.00 bits per heavy atom. The van der Waals surface area contributed by atoms with Gasteiger partial charge in [-0.2, -0.15) is 0 Å². The van der Waals surface area contributed by atoms with Crippen molar-refractivity contribution in [1.29, 1.82) is 0 Å². The number of nitrogens with one attached hydrogen (secondary N) is 1. The summed E-state index contributed by atoms with van der Waals surface area (Å²) in [4.78, 5) is 15.7. The van der Waals surface area contributed by atoms with Gasteiger partial charge in [-0.25, -0.2) is 4.98 Å². The Morgan fingerprint density at radius 2 is 2.44 bits per heavy atom. The van der Waals surface area contributed by atoms with Crippen LogP contribution in [0.4, 0.5) is 0 Å². The first kappa shape index (κ1) is 11.5. The van der Waals surface area contributed by atoms with Gasteiger partial charge in [0.2, 0.25) is 0 Å². The summed E-state index contributed by atoms with van der Waals surface area (Å²) in [6.07, 6.45) is 1.39. The van der Waals surface area contributed by atoms with E-state index in [4.69, 9.17) is 10.8 Å². The van der Waals surface area contributed by atoms with Crippen molar-refractivity contribution >= 4 is 17.2 Å². The average molecular weight is 241 g/mol. The maximum Gasteiger partial charge on any atom is 0.270 e. The summed E-state index contributed by atoms with van der Waals surface area (Å²) in [5.41, 5.74) is 5.86. The summed E-state index contributed by atoms with van der Waals surface area (Å²) >= 11 is 1.40. The van der Waals surface area contributed by atoms with Crippen LogP contribution in [0.3, 0.4) is 0 Å². The zero-order chi connectivity index (χ0) is 11.5. The fourth-order valence-electron chi connectivity index (χ4n) is 1.70. The maximum atomic E-state index is 11.6. The SMILES string of the molecule is NCc1nc(C(=O)NCC2CC(O)C2)cs1. The van der Waals surface area contributed by atoms with E-state index in [0.717, 1.165) is 17.8 Å². The van der Waals surface area contributed by atoms with Gasteiger partial charge in [0.1, 0.15) is 10.7 Å². The molecule has 0 radical (unpaired) electrons. The van der Waals surface area contributed by atoms with Crippen molar-refractivity contribution in [2.45, 2.75) is 25.5 Å². The molecule has 0 saturated heterocycles. The van der Waals surface area contributed by atoms with Gasteiger partial charge in [0.05, 0.1) is 6.10 Å². The second kappa shape index (κ2) is 4.90. The summed E-state index contributed by atoms with van der Waals surface area (Å²) in [6, 6.07) is 0. The van der Waals surface area contributed by atoms with Gasteiger partial charge in [0.25, 0.3) is 5.91 Å². The minimum atomic E-state index is -0.176. The van der Waals surface area contributed by atoms with Gasteiger partial charge in [-0.05, 0) is 18.8 Å². The Labute approximate surface area is 97.7 Å². The first-order valence-corrected chi connectivity index (χ1v) is 6.17. The van der Waals surface area contributed by atoms with Crippen molar-refractivity contribution in [2.75, 3.05) is 6.54 Å². The number of nitrogens with zero attached hydrogens (tertiary/aromatic N) is 1. The molecule has 5 nitrogen and oxygen atoms in total. The van der Waals surface area contributed by atoms with Crippen LogP contribution in [0.25, 0.3) is 0 Å². The molecule has 1 fully saturated rings. The van der Waals surface area contributed by atoms with Crippen molar-refractivity contribution in [2.24, 2.45) is 11.7 Å². The second-order valence-electron chi connectivity index (χ2n) is 4.03. The number of nitrogens with two attached hydrogens (primary N) is 1. The Bertz CT molecular complexity index is 374. The number of aromatic nitrogens is 1. The predicted molar refractivity (Wildman–Crippen MR) is 61.1 cm³/mol. The van der Waals surface area contributed by atoms with Crippen molar-refractivity contribution in [3.8, 4) is 0 Å². The highest BCUT2D eigenvalue weighted by Crippen LogP contribution is 2.26. The minimum absolute atomic E-state index is 0.155. The number of hydrogen-bond acceptors (Lipinski definition) is 5. The topological polar surface area (TPSA) is 88.2 Å². The summed E-state index contributed by atoms with van der Waals surface area (Å²) in [5.74, 6) is 0.254. The molecule has 0 atom stereocenters. The summed E-state index contributed by atoms with van der Waals surface area (Å²) in [6.45, 7) is 0.984. The molecule has 6 heteroatoms. The number of carbonyl (C=O) groups is 1. The molecule has 0 unspecified atom stereocenters. The molecule has 4 N–H and O–H groups in total. The first-order valence-electron chi connectivity index (χ1n) is 5.29. The minimum Gasteiger partial charge on any atom is -0.393 e. The highest BCUT2D eigenvalue weighted by atomic mass is 32.1. The van der Waals surface area contributed by atoms with Gasteiger partial charge in [-0.3, -0.25) is 4.79 Å². The number of aliphatic hydroxyl groups excluding tert-OH is 1. The number of hydrogen-bond donors (Lipinski definition) is 3. The third kappa shape index (κ3) is 2.58. The highest BCUT2D eigenvalue weighted by Gasteiger charge is 2.27. The third-order valence-corrected chi connectivity index (χ3v) is 3.59. The summed E-state index contributed by atoms with van der Waals surface area (Å²) in [7, 11) is 0. The lowest BCUT2D eigenvalue weighted by molar-refractivity contribution is 0.0420. The lowest BCUT2D eigenvalue weighted by Gasteiger charge is -2.31. The summed E-state index contributed by atoms with van der Waals surface area (Å²) in [5, 5.41) is 14.4. The van der Waals surface area contributed by atoms with E-state index in [0.29, 0.717) is 24.7 Å². The van der Waals surface area contributed by atoms with Crippen molar-refractivity contribution < 1.29 is 9.90 Å². The molecule has 0 aromatic carbocycles. The number of rotatable bonds is 4. The molecule has 1 aromatic heterocycles.